The molecule has 1 heterocycles. The summed E-state index contributed by atoms with van der Waals surface area (Å²) in [7, 11) is 4.79. The van der Waals surface area contributed by atoms with E-state index in [1.807, 2.05) is 12.1 Å². The van der Waals surface area contributed by atoms with Gasteiger partial charge in [0.05, 0.1) is 19.9 Å². The van der Waals surface area contributed by atoms with Crippen molar-refractivity contribution in [3.05, 3.63) is 48.3 Å². The summed E-state index contributed by atoms with van der Waals surface area (Å²) in [6.45, 7) is 1.89. The average Bonchev–Trinajstić information content (AvgIpc) is 2.70. The van der Waals surface area contributed by atoms with E-state index in [0.717, 1.165) is 5.56 Å². The van der Waals surface area contributed by atoms with E-state index in [4.69, 9.17) is 9.47 Å². The summed E-state index contributed by atoms with van der Waals surface area (Å²) in [6, 6.07) is 8.97. The van der Waals surface area contributed by atoms with Gasteiger partial charge in [-0.15, -0.1) is 0 Å². The molecule has 0 unspecified atom stereocenters. The molecule has 0 atom stereocenters. The lowest BCUT2D eigenvalue weighted by Crippen LogP contribution is -2.41. The second kappa shape index (κ2) is 9.56. The van der Waals surface area contributed by atoms with Crippen LogP contribution in [0.2, 0.25) is 0 Å². The molecule has 0 aliphatic carbocycles. The Morgan fingerprint density at radius 2 is 1.78 bits per heavy atom. The molecule has 144 valence electrons. The van der Waals surface area contributed by atoms with Gasteiger partial charge in [-0.05, 0) is 36.2 Å². The van der Waals surface area contributed by atoms with E-state index < -0.39 is 0 Å². The lowest BCUT2D eigenvalue weighted by atomic mass is 10.2. The van der Waals surface area contributed by atoms with E-state index >= 15 is 0 Å². The number of nitrogens with zero attached hydrogens (tertiary/aromatic N) is 3. The molecular formula is C20H25N3O4. The zero-order valence-electron chi connectivity index (χ0n) is 16.1. The van der Waals surface area contributed by atoms with Crippen molar-refractivity contribution in [2.75, 3.05) is 39.3 Å². The first kappa shape index (κ1) is 20.2. The van der Waals surface area contributed by atoms with E-state index in [1.165, 1.54) is 18.9 Å². The maximum atomic E-state index is 12.7. The van der Waals surface area contributed by atoms with E-state index in [2.05, 4.69) is 4.98 Å². The molecule has 0 fully saturated rings. The molecule has 0 radical (unpaired) electrons. The van der Waals surface area contributed by atoms with Crippen molar-refractivity contribution < 1.29 is 19.1 Å². The summed E-state index contributed by atoms with van der Waals surface area (Å²) in [4.78, 5) is 31.8. The van der Waals surface area contributed by atoms with Gasteiger partial charge >= 0.3 is 0 Å². The van der Waals surface area contributed by atoms with Gasteiger partial charge in [0.2, 0.25) is 11.8 Å². The zero-order valence-corrected chi connectivity index (χ0v) is 16.1. The van der Waals surface area contributed by atoms with E-state index in [-0.39, 0.29) is 18.4 Å². The second-order valence-corrected chi connectivity index (χ2v) is 6.06. The lowest BCUT2D eigenvalue weighted by Gasteiger charge is -2.26. The van der Waals surface area contributed by atoms with Crippen molar-refractivity contribution in [3.63, 3.8) is 0 Å². The Morgan fingerprint density at radius 3 is 2.37 bits per heavy atom. The van der Waals surface area contributed by atoms with E-state index in [9.17, 15) is 9.59 Å². The number of carbonyl (C=O) groups excluding carboxylic acids is 2. The van der Waals surface area contributed by atoms with Gasteiger partial charge in [0, 0.05) is 39.0 Å². The number of carbonyl (C=O) groups is 2. The first-order valence-corrected chi connectivity index (χ1v) is 8.59. The van der Waals surface area contributed by atoms with Gasteiger partial charge in [0.25, 0.3) is 0 Å². The number of rotatable bonds is 8. The first-order chi connectivity index (χ1) is 13.0. The van der Waals surface area contributed by atoms with Gasteiger partial charge in [-0.25, -0.2) is 0 Å². The monoisotopic (exact) mass is 371 g/mol. The lowest BCUT2D eigenvalue weighted by molar-refractivity contribution is -0.130. The number of likely N-dealkylation sites (N-methyl/N-ethyl adjacent to an activating group) is 1. The fourth-order valence-electron chi connectivity index (χ4n) is 2.60. The van der Waals surface area contributed by atoms with Crippen molar-refractivity contribution in [2.45, 2.75) is 13.3 Å². The third-order valence-electron chi connectivity index (χ3n) is 4.26. The Labute approximate surface area is 159 Å². The Balaban J connectivity index is 2.11. The Bertz CT molecular complexity index is 780. The van der Waals surface area contributed by atoms with Crippen LogP contribution in [0.3, 0.4) is 0 Å². The molecule has 0 bridgehead atoms. The first-order valence-electron chi connectivity index (χ1n) is 8.59. The Morgan fingerprint density at radius 1 is 1.07 bits per heavy atom. The summed E-state index contributed by atoms with van der Waals surface area (Å²) >= 11 is 0. The Kier molecular flexibility index (Phi) is 7.16. The minimum atomic E-state index is -0.252. The predicted molar refractivity (Wildman–Crippen MR) is 103 cm³/mol. The molecule has 2 aromatic rings. The van der Waals surface area contributed by atoms with Crippen LogP contribution in [0.4, 0.5) is 5.69 Å². The van der Waals surface area contributed by atoms with E-state index in [1.54, 1.807) is 49.7 Å². The highest BCUT2D eigenvalue weighted by atomic mass is 16.5. The third-order valence-corrected chi connectivity index (χ3v) is 4.26. The number of amides is 2. The van der Waals surface area contributed by atoms with Gasteiger partial charge in [0.1, 0.15) is 18.0 Å². The van der Waals surface area contributed by atoms with Crippen LogP contribution in [0.25, 0.3) is 0 Å². The predicted octanol–water partition coefficient (Wildman–Crippen LogP) is 2.15. The number of methoxy groups -OCH3 is 2. The van der Waals surface area contributed by atoms with Crippen LogP contribution in [0, 0.1) is 0 Å². The molecule has 2 amide bonds. The maximum Gasteiger partial charge on any atom is 0.242 e. The van der Waals surface area contributed by atoms with Gasteiger partial charge in [-0.2, -0.15) is 0 Å². The van der Waals surface area contributed by atoms with Gasteiger partial charge in [-0.3, -0.25) is 19.5 Å². The summed E-state index contributed by atoms with van der Waals surface area (Å²) in [5.74, 6) is 0.662. The molecule has 1 aromatic heterocycles. The SMILES string of the molecule is COc1ccc(OC)c(N(CC(=O)N(C)CCc2ccncc2)C(C)=O)c1. The van der Waals surface area contributed by atoms with Crippen LogP contribution < -0.4 is 14.4 Å². The minimum absolute atomic E-state index is 0.0777. The van der Waals surface area contributed by atoms with Crippen LogP contribution in [0.1, 0.15) is 12.5 Å². The number of hydrogen-bond donors (Lipinski definition) is 0. The van der Waals surface area contributed by atoms with Gasteiger partial charge < -0.3 is 14.4 Å². The highest BCUT2D eigenvalue weighted by Gasteiger charge is 2.22. The molecule has 0 saturated carbocycles. The number of ether oxygens (including phenoxy) is 2. The molecule has 1 aromatic carbocycles. The normalized spacial score (nSPS) is 10.2. The number of benzene rings is 1. The molecule has 0 saturated heterocycles. The molecule has 7 heteroatoms. The zero-order chi connectivity index (χ0) is 19.8. The molecule has 0 aliphatic rings. The number of pyridine rings is 1. The van der Waals surface area contributed by atoms with Crippen molar-refractivity contribution >= 4 is 17.5 Å². The summed E-state index contributed by atoms with van der Waals surface area (Å²) in [5, 5.41) is 0. The fourth-order valence-corrected chi connectivity index (χ4v) is 2.60. The van der Waals surface area contributed by atoms with Crippen molar-refractivity contribution in [1.29, 1.82) is 0 Å². The highest BCUT2D eigenvalue weighted by molar-refractivity contribution is 5.98. The molecular weight excluding hydrogens is 346 g/mol. The number of aromatic nitrogens is 1. The number of hydrogen-bond acceptors (Lipinski definition) is 5. The van der Waals surface area contributed by atoms with Crippen LogP contribution in [0.15, 0.2) is 42.7 Å². The molecule has 0 N–H and O–H groups in total. The third kappa shape index (κ3) is 5.44. The van der Waals surface area contributed by atoms with Crippen LogP contribution in [0.5, 0.6) is 11.5 Å². The topological polar surface area (TPSA) is 72.0 Å². The van der Waals surface area contributed by atoms with Gasteiger partial charge in [-0.1, -0.05) is 0 Å². The summed E-state index contributed by atoms with van der Waals surface area (Å²) in [5.41, 5.74) is 1.60. The molecule has 2 rings (SSSR count). The van der Waals surface area contributed by atoms with E-state index in [0.29, 0.717) is 30.2 Å². The van der Waals surface area contributed by atoms with Crippen LogP contribution in [-0.2, 0) is 16.0 Å². The molecule has 27 heavy (non-hydrogen) atoms. The minimum Gasteiger partial charge on any atom is -0.497 e. The molecule has 0 aliphatic heterocycles. The van der Waals surface area contributed by atoms with Gasteiger partial charge in [0.15, 0.2) is 0 Å². The standard InChI is InChI=1S/C20H25N3O4/c1-15(24)23(18-13-17(26-3)5-6-19(18)27-4)14-20(25)22(2)12-9-16-7-10-21-11-8-16/h5-8,10-11,13H,9,12,14H2,1-4H3. The van der Waals surface area contributed by atoms with Crippen molar-refractivity contribution in [3.8, 4) is 11.5 Å². The Hall–Kier alpha value is -3.09. The van der Waals surface area contributed by atoms with Crippen molar-refractivity contribution in [2.24, 2.45) is 0 Å². The molecule has 7 nitrogen and oxygen atoms in total. The summed E-state index contributed by atoms with van der Waals surface area (Å²) < 4.78 is 10.6. The highest BCUT2D eigenvalue weighted by Crippen LogP contribution is 2.32. The van der Waals surface area contributed by atoms with Crippen molar-refractivity contribution in [1.82, 2.24) is 9.88 Å². The second-order valence-electron chi connectivity index (χ2n) is 6.06. The fraction of sp³-hybridized carbons (Fsp3) is 0.350. The molecule has 0 spiro atoms. The maximum absolute atomic E-state index is 12.7. The summed E-state index contributed by atoms with van der Waals surface area (Å²) in [6.07, 6.45) is 4.17. The quantitative estimate of drug-likeness (QED) is 0.711. The average molecular weight is 371 g/mol. The van der Waals surface area contributed by atoms with Crippen LogP contribution >= 0.6 is 0 Å². The largest absolute Gasteiger partial charge is 0.497 e. The number of anilines is 1. The smallest absolute Gasteiger partial charge is 0.242 e. The van der Waals surface area contributed by atoms with Crippen LogP contribution in [-0.4, -0.2) is 56.1 Å².